The van der Waals surface area contributed by atoms with E-state index in [0.29, 0.717) is 24.4 Å². The lowest BCUT2D eigenvalue weighted by molar-refractivity contribution is 0.189. The standard InChI is InChI=1S/C14H18N4O2/c1-2-10-12(17-18-13(10)15)11(16-14(19)20)8-9-6-4-3-5-7-9/h3-7,11,16H,2,8H2,1H3,(H,19,20)(H3,15,17,18). The van der Waals surface area contributed by atoms with Crippen molar-refractivity contribution in [1.29, 1.82) is 0 Å². The summed E-state index contributed by atoms with van der Waals surface area (Å²) >= 11 is 0. The molecule has 0 aliphatic carbocycles. The van der Waals surface area contributed by atoms with Crippen LogP contribution in [0.2, 0.25) is 0 Å². The molecule has 2 rings (SSSR count). The number of aromatic amines is 1. The Hall–Kier alpha value is -2.50. The molecule has 6 heteroatoms. The molecule has 0 fully saturated rings. The van der Waals surface area contributed by atoms with E-state index in [9.17, 15) is 4.79 Å². The number of nitrogens with one attached hydrogen (secondary N) is 2. The van der Waals surface area contributed by atoms with E-state index in [1.54, 1.807) is 0 Å². The molecule has 106 valence electrons. The zero-order valence-electron chi connectivity index (χ0n) is 11.3. The lowest BCUT2D eigenvalue weighted by atomic mass is 9.99. The summed E-state index contributed by atoms with van der Waals surface area (Å²) < 4.78 is 0. The first kappa shape index (κ1) is 13.9. The van der Waals surface area contributed by atoms with Crippen LogP contribution in [-0.2, 0) is 12.8 Å². The molecular weight excluding hydrogens is 256 g/mol. The van der Waals surface area contributed by atoms with Gasteiger partial charge in [-0.15, -0.1) is 0 Å². The maximum atomic E-state index is 11.0. The first-order valence-electron chi connectivity index (χ1n) is 6.47. The molecule has 0 aliphatic heterocycles. The summed E-state index contributed by atoms with van der Waals surface area (Å²) in [5.41, 5.74) is 8.38. The van der Waals surface area contributed by atoms with E-state index in [2.05, 4.69) is 15.5 Å². The van der Waals surface area contributed by atoms with Crippen LogP contribution in [0.25, 0.3) is 0 Å². The van der Waals surface area contributed by atoms with E-state index in [1.165, 1.54) is 0 Å². The summed E-state index contributed by atoms with van der Waals surface area (Å²) in [5, 5.41) is 18.4. The van der Waals surface area contributed by atoms with Gasteiger partial charge in [0.05, 0.1) is 11.7 Å². The topological polar surface area (TPSA) is 104 Å². The van der Waals surface area contributed by atoms with Crippen LogP contribution in [-0.4, -0.2) is 21.4 Å². The molecule has 1 atom stereocenters. The number of nitrogen functional groups attached to an aromatic ring is 1. The Morgan fingerprint density at radius 1 is 1.45 bits per heavy atom. The van der Waals surface area contributed by atoms with Crippen molar-refractivity contribution in [3.05, 3.63) is 47.2 Å². The van der Waals surface area contributed by atoms with Gasteiger partial charge in [0.1, 0.15) is 5.82 Å². The fraction of sp³-hybridized carbons (Fsp3) is 0.286. The summed E-state index contributed by atoms with van der Waals surface area (Å²) in [6, 6.07) is 9.27. The van der Waals surface area contributed by atoms with Gasteiger partial charge in [0.25, 0.3) is 0 Å². The van der Waals surface area contributed by atoms with Crippen molar-refractivity contribution >= 4 is 11.9 Å². The number of hydrogen-bond donors (Lipinski definition) is 4. The Kier molecular flexibility index (Phi) is 4.24. The molecule has 6 nitrogen and oxygen atoms in total. The van der Waals surface area contributed by atoms with E-state index in [1.807, 2.05) is 37.3 Å². The van der Waals surface area contributed by atoms with Gasteiger partial charge in [-0.05, 0) is 18.4 Å². The van der Waals surface area contributed by atoms with Crippen LogP contribution in [0.15, 0.2) is 30.3 Å². The fourth-order valence-electron chi connectivity index (χ4n) is 2.27. The molecule has 2 aromatic rings. The van der Waals surface area contributed by atoms with Crippen LogP contribution in [0, 0.1) is 0 Å². The molecule has 0 saturated heterocycles. The highest BCUT2D eigenvalue weighted by Gasteiger charge is 2.22. The van der Waals surface area contributed by atoms with E-state index in [4.69, 9.17) is 10.8 Å². The number of H-pyrrole nitrogens is 1. The Morgan fingerprint density at radius 3 is 2.75 bits per heavy atom. The Bertz CT molecular complexity index is 580. The number of nitrogens with zero attached hydrogens (tertiary/aromatic N) is 1. The number of anilines is 1. The van der Waals surface area contributed by atoms with Crippen molar-refractivity contribution in [1.82, 2.24) is 15.5 Å². The second kappa shape index (κ2) is 6.10. The monoisotopic (exact) mass is 274 g/mol. The van der Waals surface area contributed by atoms with Crippen molar-refractivity contribution in [2.24, 2.45) is 0 Å². The minimum atomic E-state index is -1.07. The molecule has 0 aliphatic rings. The number of rotatable bonds is 5. The summed E-state index contributed by atoms with van der Waals surface area (Å²) in [4.78, 5) is 11.0. The third-order valence-electron chi connectivity index (χ3n) is 3.20. The van der Waals surface area contributed by atoms with Gasteiger partial charge in [0.2, 0.25) is 0 Å². The average Bonchev–Trinajstić information content (AvgIpc) is 2.79. The molecule has 5 N–H and O–H groups in total. The van der Waals surface area contributed by atoms with Gasteiger partial charge in [-0.25, -0.2) is 4.79 Å². The highest BCUT2D eigenvalue weighted by molar-refractivity contribution is 5.65. The third kappa shape index (κ3) is 3.09. The second-order valence-corrected chi connectivity index (χ2v) is 4.55. The highest BCUT2D eigenvalue weighted by atomic mass is 16.4. The minimum Gasteiger partial charge on any atom is -0.465 e. The molecule has 0 radical (unpaired) electrons. The molecule has 1 amide bonds. The van der Waals surface area contributed by atoms with Gasteiger partial charge < -0.3 is 16.2 Å². The second-order valence-electron chi connectivity index (χ2n) is 4.55. The summed E-state index contributed by atoms with van der Waals surface area (Å²) in [5.74, 6) is 0.493. The molecular formula is C14H18N4O2. The van der Waals surface area contributed by atoms with Crippen LogP contribution in [0.5, 0.6) is 0 Å². The summed E-state index contributed by atoms with van der Waals surface area (Å²) in [6.45, 7) is 1.96. The molecule has 20 heavy (non-hydrogen) atoms. The maximum absolute atomic E-state index is 11.0. The predicted molar refractivity (Wildman–Crippen MR) is 76.4 cm³/mol. The SMILES string of the molecule is CCc1c(C(Cc2ccccc2)NC(=O)O)n[nH]c1N. The van der Waals surface area contributed by atoms with Gasteiger partial charge >= 0.3 is 6.09 Å². The van der Waals surface area contributed by atoms with Crippen molar-refractivity contribution in [3.8, 4) is 0 Å². The van der Waals surface area contributed by atoms with E-state index >= 15 is 0 Å². The number of carboxylic acid groups (broad SMARTS) is 1. The fourth-order valence-corrected chi connectivity index (χ4v) is 2.27. The smallest absolute Gasteiger partial charge is 0.405 e. The van der Waals surface area contributed by atoms with E-state index < -0.39 is 12.1 Å². The Labute approximate surface area is 117 Å². The van der Waals surface area contributed by atoms with Crippen LogP contribution < -0.4 is 11.1 Å². The number of hydrogen-bond acceptors (Lipinski definition) is 3. The van der Waals surface area contributed by atoms with Crippen LogP contribution in [0.3, 0.4) is 0 Å². The molecule has 1 aromatic carbocycles. The first-order chi connectivity index (χ1) is 9.61. The van der Waals surface area contributed by atoms with Crippen LogP contribution in [0.1, 0.15) is 29.8 Å². The van der Waals surface area contributed by atoms with Crippen molar-refractivity contribution in [2.75, 3.05) is 5.73 Å². The van der Waals surface area contributed by atoms with Gasteiger partial charge in [-0.2, -0.15) is 5.10 Å². The molecule has 1 heterocycles. The van der Waals surface area contributed by atoms with E-state index in [0.717, 1.165) is 11.1 Å². The lowest BCUT2D eigenvalue weighted by Gasteiger charge is -2.16. The molecule has 1 unspecified atom stereocenters. The highest BCUT2D eigenvalue weighted by Crippen LogP contribution is 2.24. The molecule has 1 aromatic heterocycles. The average molecular weight is 274 g/mol. The van der Waals surface area contributed by atoms with Crippen molar-refractivity contribution < 1.29 is 9.90 Å². The summed E-state index contributed by atoms with van der Waals surface area (Å²) in [6.07, 6.45) is 0.156. The largest absolute Gasteiger partial charge is 0.465 e. The van der Waals surface area contributed by atoms with Crippen molar-refractivity contribution in [3.63, 3.8) is 0 Å². The maximum Gasteiger partial charge on any atom is 0.405 e. The lowest BCUT2D eigenvalue weighted by Crippen LogP contribution is -2.29. The normalized spacial score (nSPS) is 12.1. The number of aromatic nitrogens is 2. The number of carbonyl (C=O) groups is 1. The van der Waals surface area contributed by atoms with Gasteiger partial charge in [0, 0.05) is 5.56 Å². The predicted octanol–water partition coefficient (Wildman–Crippen LogP) is 2.11. The van der Waals surface area contributed by atoms with Gasteiger partial charge in [-0.3, -0.25) is 5.10 Å². The minimum absolute atomic E-state index is 0.418. The van der Waals surface area contributed by atoms with E-state index in [-0.39, 0.29) is 0 Å². The number of nitrogens with two attached hydrogens (primary N) is 1. The van der Waals surface area contributed by atoms with Gasteiger partial charge in [0.15, 0.2) is 0 Å². The first-order valence-corrected chi connectivity index (χ1v) is 6.47. The molecule has 0 spiro atoms. The number of amides is 1. The quantitative estimate of drug-likeness (QED) is 0.670. The number of benzene rings is 1. The Balaban J connectivity index is 2.29. The van der Waals surface area contributed by atoms with Crippen LogP contribution in [0.4, 0.5) is 10.6 Å². The molecule has 0 saturated carbocycles. The zero-order chi connectivity index (χ0) is 14.5. The van der Waals surface area contributed by atoms with Crippen LogP contribution >= 0.6 is 0 Å². The summed E-state index contributed by atoms with van der Waals surface area (Å²) in [7, 11) is 0. The molecule has 0 bridgehead atoms. The Morgan fingerprint density at radius 2 is 2.15 bits per heavy atom. The third-order valence-corrected chi connectivity index (χ3v) is 3.20. The van der Waals surface area contributed by atoms with Gasteiger partial charge in [-0.1, -0.05) is 37.3 Å². The zero-order valence-corrected chi connectivity index (χ0v) is 11.3. The van der Waals surface area contributed by atoms with Crippen molar-refractivity contribution in [2.45, 2.75) is 25.8 Å².